The Morgan fingerprint density at radius 2 is 1.26 bits per heavy atom. The predicted octanol–water partition coefficient (Wildman–Crippen LogP) is 16.4. The van der Waals surface area contributed by atoms with Crippen molar-refractivity contribution in [2.24, 2.45) is 0 Å². The number of thiophene rings is 2. The summed E-state index contributed by atoms with van der Waals surface area (Å²) in [6.07, 6.45) is 2.40. The number of para-hydroxylation sites is 1. The highest BCUT2D eigenvalue weighted by molar-refractivity contribution is 7.26. The highest BCUT2D eigenvalue weighted by Gasteiger charge is 2.38. The lowest BCUT2D eigenvalue weighted by molar-refractivity contribution is 0.332. The normalized spacial score (nSPS) is 15.4. The van der Waals surface area contributed by atoms with Crippen LogP contribution in [0.5, 0.6) is 0 Å². The van der Waals surface area contributed by atoms with Gasteiger partial charge < -0.3 is 14.3 Å². The molecule has 1 N–H and O–H groups in total. The average Bonchev–Trinajstić information content (AvgIpc) is 4.05. The minimum Gasteiger partial charge on any atom is -0.456 e. The number of nitrogens with zero attached hydrogens (tertiary/aromatic N) is 1. The summed E-state index contributed by atoms with van der Waals surface area (Å²) in [5.41, 5.74) is 17.3. The quantitative estimate of drug-likeness (QED) is 0.179. The third kappa shape index (κ3) is 5.43. The van der Waals surface area contributed by atoms with E-state index in [4.69, 9.17) is 4.42 Å². The fourth-order valence-corrected chi connectivity index (χ4v) is 14.0. The first kappa shape index (κ1) is 38.9. The average molecular weight is 888 g/mol. The number of benzene rings is 8. The molecule has 0 saturated carbocycles. The van der Waals surface area contributed by atoms with E-state index in [2.05, 4.69) is 199 Å². The lowest BCUT2D eigenvalue weighted by Crippen LogP contribution is -2.37. The molecule has 66 heavy (non-hydrogen) atoms. The molecule has 0 saturated heterocycles. The van der Waals surface area contributed by atoms with Crippen LogP contribution in [0.4, 0.5) is 11.4 Å². The highest BCUT2D eigenvalue weighted by Crippen LogP contribution is 2.51. The number of hydrogen-bond acceptors (Lipinski definition) is 4. The van der Waals surface area contributed by atoms with Crippen molar-refractivity contribution in [3.8, 4) is 16.8 Å². The zero-order chi connectivity index (χ0) is 44.6. The Labute approximate surface area is 392 Å². The molecular formula is C60H48BN2OS2. The van der Waals surface area contributed by atoms with Crippen LogP contribution in [0.2, 0.25) is 0 Å². The number of fused-ring (bicyclic) bond motifs is 16. The molecule has 0 bridgehead atoms. The minimum absolute atomic E-state index is 0.0675. The van der Waals surface area contributed by atoms with Crippen molar-refractivity contribution in [3.05, 3.63) is 150 Å². The molecule has 319 valence electrons. The second kappa shape index (κ2) is 13.2. The Bertz CT molecular complexity index is 4090. The van der Waals surface area contributed by atoms with Crippen molar-refractivity contribution in [2.45, 2.75) is 77.6 Å². The maximum absolute atomic E-state index is 6.55. The Morgan fingerprint density at radius 3 is 2.06 bits per heavy atom. The van der Waals surface area contributed by atoms with Gasteiger partial charge in [-0.15, -0.1) is 22.7 Å². The molecule has 5 heterocycles. The van der Waals surface area contributed by atoms with E-state index in [1.54, 1.807) is 0 Å². The molecule has 4 aromatic heterocycles. The van der Waals surface area contributed by atoms with Crippen LogP contribution in [0, 0.1) is 0 Å². The number of hydrogen-bond donors (Lipinski definition) is 1. The van der Waals surface area contributed by atoms with Gasteiger partial charge in [0, 0.05) is 90.0 Å². The molecular weight excluding hydrogens is 840 g/mol. The van der Waals surface area contributed by atoms with E-state index < -0.39 is 0 Å². The van der Waals surface area contributed by atoms with E-state index >= 15 is 0 Å². The van der Waals surface area contributed by atoms with E-state index in [9.17, 15) is 0 Å². The smallest absolute Gasteiger partial charge is 0.197 e. The molecule has 0 fully saturated rings. The molecule has 1 radical (unpaired) electrons. The third-order valence-corrected chi connectivity index (χ3v) is 17.7. The summed E-state index contributed by atoms with van der Waals surface area (Å²) < 4.78 is 14.4. The van der Waals surface area contributed by atoms with Gasteiger partial charge >= 0.3 is 0 Å². The Morgan fingerprint density at radius 1 is 0.576 bits per heavy atom. The molecule has 8 aromatic carbocycles. The topological polar surface area (TPSA) is 30.1 Å². The standard InChI is InChI=1S/C60H48BN2OS2/c1-58(2,3)32-16-18-33(19-17-32)62-45-27-40-39-26-42-43(60(6,7)25-24-59(42,4)5)30-52(39)66-51(40)29-38(45)35-20-21-37-54-46(22-23-49-55(54)36-13-8-10-14-48(36)64-49)63-47-28-41-34-12-9-11-15-50(34)65-53(41)31-44(47)61-56(35)57(37)63/h8-23,26-31,62H,24-25H2,1-7H3. The predicted molar refractivity (Wildman–Crippen MR) is 288 cm³/mol. The molecule has 0 atom stereocenters. The lowest BCUT2D eigenvalue weighted by atomic mass is 9.59. The molecule has 12 aromatic rings. The van der Waals surface area contributed by atoms with Crippen molar-refractivity contribution in [2.75, 3.05) is 5.32 Å². The molecule has 2 aliphatic rings. The van der Waals surface area contributed by atoms with Crippen molar-refractivity contribution in [1.29, 1.82) is 0 Å². The van der Waals surface area contributed by atoms with Crippen molar-refractivity contribution < 1.29 is 4.42 Å². The maximum Gasteiger partial charge on any atom is 0.197 e. The molecule has 0 unspecified atom stereocenters. The van der Waals surface area contributed by atoms with Gasteiger partial charge in [-0.1, -0.05) is 115 Å². The Kier molecular flexibility index (Phi) is 7.77. The number of nitrogens with one attached hydrogen (secondary N) is 1. The van der Waals surface area contributed by atoms with Gasteiger partial charge in [-0.25, -0.2) is 0 Å². The molecule has 0 spiro atoms. The minimum atomic E-state index is 0.0675. The first-order valence-electron chi connectivity index (χ1n) is 23.4. The summed E-state index contributed by atoms with van der Waals surface area (Å²) in [6.45, 7) is 16.6. The van der Waals surface area contributed by atoms with Gasteiger partial charge in [0.1, 0.15) is 11.2 Å². The van der Waals surface area contributed by atoms with E-state index in [0.717, 1.165) is 27.9 Å². The van der Waals surface area contributed by atoms with E-state index in [0.29, 0.717) is 0 Å². The molecule has 3 nitrogen and oxygen atoms in total. The van der Waals surface area contributed by atoms with Gasteiger partial charge in [0.05, 0.1) is 5.52 Å². The van der Waals surface area contributed by atoms with E-state index in [-0.39, 0.29) is 16.2 Å². The van der Waals surface area contributed by atoms with Gasteiger partial charge in [0.15, 0.2) is 7.28 Å². The fraction of sp³-hybridized carbons (Fsp3) is 0.200. The zero-order valence-electron chi connectivity index (χ0n) is 38.4. The summed E-state index contributed by atoms with van der Waals surface area (Å²) in [4.78, 5) is 0. The van der Waals surface area contributed by atoms with Crippen LogP contribution in [0.15, 0.2) is 138 Å². The first-order chi connectivity index (χ1) is 31.8. The first-order valence-corrected chi connectivity index (χ1v) is 25.1. The monoisotopic (exact) mass is 887 g/mol. The van der Waals surface area contributed by atoms with Crippen molar-refractivity contribution in [3.63, 3.8) is 0 Å². The third-order valence-electron chi connectivity index (χ3n) is 15.4. The Balaban J connectivity index is 1.07. The molecule has 1 aliphatic carbocycles. The number of rotatable bonds is 3. The van der Waals surface area contributed by atoms with Crippen LogP contribution in [-0.4, -0.2) is 11.8 Å². The van der Waals surface area contributed by atoms with Gasteiger partial charge in [0.2, 0.25) is 0 Å². The summed E-state index contributed by atoms with van der Waals surface area (Å²) in [5, 5.41) is 14.1. The van der Waals surface area contributed by atoms with Crippen LogP contribution >= 0.6 is 22.7 Å². The maximum atomic E-state index is 6.55. The number of anilines is 2. The van der Waals surface area contributed by atoms with Crippen molar-refractivity contribution >= 4 is 136 Å². The summed E-state index contributed by atoms with van der Waals surface area (Å²) in [7, 11) is 2.48. The summed E-state index contributed by atoms with van der Waals surface area (Å²) in [5.74, 6) is 0. The lowest BCUT2D eigenvalue weighted by Gasteiger charge is -2.41. The van der Waals surface area contributed by atoms with Crippen LogP contribution in [0.1, 0.15) is 78.0 Å². The van der Waals surface area contributed by atoms with Crippen LogP contribution < -0.4 is 16.2 Å². The second-order valence-electron chi connectivity index (χ2n) is 21.4. The van der Waals surface area contributed by atoms with E-state index in [1.165, 1.54) is 125 Å². The van der Waals surface area contributed by atoms with Gasteiger partial charge in [0.25, 0.3) is 0 Å². The van der Waals surface area contributed by atoms with Crippen LogP contribution in [0.3, 0.4) is 0 Å². The fourth-order valence-electron chi connectivity index (χ4n) is 11.7. The molecule has 6 heteroatoms. The summed E-state index contributed by atoms with van der Waals surface area (Å²) in [6, 6.07) is 50.6. The second-order valence-corrected chi connectivity index (χ2v) is 23.6. The molecule has 1 aliphatic heterocycles. The highest BCUT2D eigenvalue weighted by atomic mass is 32.1. The van der Waals surface area contributed by atoms with Crippen LogP contribution in [-0.2, 0) is 16.2 Å². The molecule has 0 amide bonds. The number of furan rings is 1. The van der Waals surface area contributed by atoms with Gasteiger partial charge in [-0.3, -0.25) is 0 Å². The van der Waals surface area contributed by atoms with Gasteiger partial charge in [-0.05, 0) is 130 Å². The van der Waals surface area contributed by atoms with Crippen LogP contribution in [0.25, 0.3) is 101 Å². The molecule has 14 rings (SSSR count). The van der Waals surface area contributed by atoms with Crippen molar-refractivity contribution in [1.82, 2.24) is 4.57 Å². The van der Waals surface area contributed by atoms with Gasteiger partial charge in [-0.2, -0.15) is 0 Å². The Hall–Kier alpha value is -6.34. The summed E-state index contributed by atoms with van der Waals surface area (Å²) >= 11 is 3.83. The van der Waals surface area contributed by atoms with E-state index in [1.807, 2.05) is 22.7 Å². The SMILES string of the molecule is CC(C)(C)c1ccc(Nc2cc3c(cc2-c2ccc4c5c6c(ccc5n5c4c2[B]c2cc4sc7ccccc7c4cc2-5)oc2ccccc26)sc2cc4c(cc23)C(C)(C)CCC4(C)C)cc1. The largest absolute Gasteiger partial charge is 0.456 e. The zero-order valence-corrected chi connectivity index (χ0v) is 40.0. The number of aromatic nitrogens is 1.